The van der Waals surface area contributed by atoms with Crippen LogP contribution in [0.2, 0.25) is 0 Å². The number of nitro benzene ring substituents is 1. The van der Waals surface area contributed by atoms with Crippen LogP contribution in [0.15, 0.2) is 23.4 Å². The van der Waals surface area contributed by atoms with Crippen molar-refractivity contribution < 1.29 is 28.7 Å². The second-order valence-electron chi connectivity index (χ2n) is 6.17. The zero-order valence-corrected chi connectivity index (χ0v) is 16.9. The Morgan fingerprint density at radius 3 is 2.52 bits per heavy atom. The molecule has 0 fully saturated rings. The molecule has 0 saturated carbocycles. The number of methoxy groups -OCH3 is 1. The van der Waals surface area contributed by atoms with Crippen molar-refractivity contribution in [2.75, 3.05) is 20.3 Å². The van der Waals surface area contributed by atoms with Gasteiger partial charge < -0.3 is 24.8 Å². The highest BCUT2D eigenvalue weighted by atomic mass is 16.6. The minimum absolute atomic E-state index is 0.0158. The van der Waals surface area contributed by atoms with Crippen molar-refractivity contribution in [1.82, 2.24) is 10.6 Å². The maximum atomic E-state index is 12.4. The third kappa shape index (κ3) is 4.76. The van der Waals surface area contributed by atoms with Crippen molar-refractivity contribution in [3.63, 3.8) is 0 Å². The number of nitro groups is 1. The second kappa shape index (κ2) is 9.76. The Morgan fingerprint density at radius 1 is 1.24 bits per heavy atom. The molecule has 29 heavy (non-hydrogen) atoms. The molecular weight excluding hydrogens is 382 g/mol. The molecule has 1 aromatic carbocycles. The first-order valence-corrected chi connectivity index (χ1v) is 9.34. The monoisotopic (exact) mass is 407 g/mol. The molecule has 0 aromatic heterocycles. The first-order valence-electron chi connectivity index (χ1n) is 9.34. The van der Waals surface area contributed by atoms with Crippen molar-refractivity contribution in [2.24, 2.45) is 0 Å². The molecule has 2 N–H and O–H groups in total. The largest absolute Gasteiger partial charge is 0.490 e. The van der Waals surface area contributed by atoms with Crippen molar-refractivity contribution in [3.05, 3.63) is 39.1 Å². The number of hydrogen-bond donors (Lipinski definition) is 2. The summed E-state index contributed by atoms with van der Waals surface area (Å²) in [4.78, 5) is 35.6. The Kier molecular flexibility index (Phi) is 7.40. The molecule has 10 heteroatoms. The van der Waals surface area contributed by atoms with Gasteiger partial charge in [-0.15, -0.1) is 0 Å². The third-order valence-electron chi connectivity index (χ3n) is 4.25. The van der Waals surface area contributed by atoms with Crippen LogP contribution < -0.4 is 20.1 Å². The molecule has 10 nitrogen and oxygen atoms in total. The minimum atomic E-state index is -0.940. The number of allylic oxidation sites excluding steroid dienone is 1. The summed E-state index contributed by atoms with van der Waals surface area (Å²) in [5.74, 6) is -0.464. The smallest absolute Gasteiger partial charge is 0.337 e. The standard InChI is InChI=1S/C19H25N3O7/c1-5-8-29-17-13(22(25)26)9-11(10-14(17)28-7-3)16-15(18(23)27-4)12(6-2)20-19(24)21-16/h9-10,16H,5-8H2,1-4H3,(H2,20,21,24). The summed E-state index contributed by atoms with van der Waals surface area (Å²) in [7, 11) is 1.23. The van der Waals surface area contributed by atoms with E-state index in [1.165, 1.54) is 19.2 Å². The van der Waals surface area contributed by atoms with Gasteiger partial charge >= 0.3 is 17.7 Å². The number of hydrogen-bond acceptors (Lipinski definition) is 7. The first kappa shape index (κ1) is 22.0. The van der Waals surface area contributed by atoms with E-state index >= 15 is 0 Å². The normalized spacial score (nSPS) is 16.0. The maximum absolute atomic E-state index is 12.4. The Morgan fingerprint density at radius 2 is 1.97 bits per heavy atom. The highest BCUT2D eigenvalue weighted by molar-refractivity contribution is 5.95. The van der Waals surface area contributed by atoms with Crippen molar-refractivity contribution in [2.45, 2.75) is 39.7 Å². The molecule has 2 rings (SSSR count). The Balaban J connectivity index is 2.69. The van der Waals surface area contributed by atoms with Crippen LogP contribution in [0, 0.1) is 10.1 Å². The van der Waals surface area contributed by atoms with Gasteiger partial charge in [0.15, 0.2) is 5.75 Å². The Bertz CT molecular complexity index is 835. The molecule has 2 amide bonds. The third-order valence-corrected chi connectivity index (χ3v) is 4.25. The van der Waals surface area contributed by atoms with E-state index in [4.69, 9.17) is 14.2 Å². The zero-order valence-electron chi connectivity index (χ0n) is 16.9. The quantitative estimate of drug-likeness (QED) is 0.366. The molecule has 1 aliphatic rings. The molecule has 1 unspecified atom stereocenters. The fraction of sp³-hybridized carbons (Fsp3) is 0.474. The fourth-order valence-corrected chi connectivity index (χ4v) is 3.02. The van der Waals surface area contributed by atoms with Gasteiger partial charge in [0.05, 0.1) is 36.9 Å². The first-order chi connectivity index (χ1) is 13.9. The van der Waals surface area contributed by atoms with E-state index in [1.54, 1.807) is 13.8 Å². The van der Waals surface area contributed by atoms with Crippen LogP contribution in [0.25, 0.3) is 0 Å². The Hall–Kier alpha value is -3.30. The predicted octanol–water partition coefficient (Wildman–Crippen LogP) is 2.97. The van der Waals surface area contributed by atoms with Crippen LogP contribution >= 0.6 is 0 Å². The molecule has 1 atom stereocenters. The molecule has 0 spiro atoms. The second-order valence-corrected chi connectivity index (χ2v) is 6.17. The summed E-state index contributed by atoms with van der Waals surface area (Å²) in [6, 6.07) is 1.35. The SMILES string of the molecule is CCCOc1c(OCC)cc(C2NC(=O)NC(CC)=C2C(=O)OC)cc1[N+](=O)[O-]. The lowest BCUT2D eigenvalue weighted by Gasteiger charge is -2.29. The van der Waals surface area contributed by atoms with Crippen molar-refractivity contribution >= 4 is 17.7 Å². The summed E-state index contributed by atoms with van der Waals surface area (Å²) in [6.45, 7) is 5.92. The van der Waals surface area contributed by atoms with Crippen LogP contribution in [0.1, 0.15) is 45.2 Å². The molecule has 0 saturated heterocycles. The van der Waals surface area contributed by atoms with Gasteiger partial charge in [-0.2, -0.15) is 0 Å². The van der Waals surface area contributed by atoms with Crippen LogP contribution in [-0.2, 0) is 9.53 Å². The van der Waals surface area contributed by atoms with E-state index in [9.17, 15) is 19.7 Å². The lowest BCUT2D eigenvalue weighted by atomic mass is 9.93. The number of rotatable bonds is 9. The highest BCUT2D eigenvalue weighted by Gasteiger charge is 2.35. The minimum Gasteiger partial charge on any atom is -0.490 e. The summed E-state index contributed by atoms with van der Waals surface area (Å²) in [5, 5.41) is 16.9. The molecule has 0 bridgehead atoms. The molecular formula is C19H25N3O7. The zero-order chi connectivity index (χ0) is 21.6. The lowest BCUT2D eigenvalue weighted by Crippen LogP contribution is -2.45. The van der Waals surface area contributed by atoms with Crippen LogP contribution in [-0.4, -0.2) is 37.2 Å². The number of benzene rings is 1. The number of nitrogens with zero attached hydrogens (tertiary/aromatic N) is 1. The average Bonchev–Trinajstić information content (AvgIpc) is 2.71. The number of urea groups is 1. The van der Waals surface area contributed by atoms with E-state index < -0.39 is 23.0 Å². The van der Waals surface area contributed by atoms with Crippen LogP contribution in [0.3, 0.4) is 0 Å². The van der Waals surface area contributed by atoms with Gasteiger partial charge in [0.1, 0.15) is 0 Å². The number of carbonyl (C=O) groups excluding carboxylic acids is 2. The van der Waals surface area contributed by atoms with Crippen molar-refractivity contribution in [1.29, 1.82) is 0 Å². The number of esters is 1. The molecule has 0 aliphatic carbocycles. The summed E-state index contributed by atoms with van der Waals surface area (Å²) >= 11 is 0. The van der Waals surface area contributed by atoms with Gasteiger partial charge in [-0.05, 0) is 31.4 Å². The molecule has 1 aromatic rings. The number of ether oxygens (including phenoxy) is 3. The van der Waals surface area contributed by atoms with Crippen LogP contribution in [0.4, 0.5) is 10.5 Å². The van der Waals surface area contributed by atoms with E-state index in [0.29, 0.717) is 24.1 Å². The van der Waals surface area contributed by atoms with E-state index in [1.807, 2.05) is 6.92 Å². The molecule has 0 radical (unpaired) electrons. The maximum Gasteiger partial charge on any atom is 0.337 e. The fourth-order valence-electron chi connectivity index (χ4n) is 3.02. The summed E-state index contributed by atoms with van der Waals surface area (Å²) < 4.78 is 16.0. The van der Waals surface area contributed by atoms with Gasteiger partial charge in [0.2, 0.25) is 5.75 Å². The van der Waals surface area contributed by atoms with E-state index in [0.717, 1.165) is 0 Å². The van der Waals surface area contributed by atoms with Gasteiger partial charge in [0.25, 0.3) is 0 Å². The van der Waals surface area contributed by atoms with Gasteiger partial charge in [-0.1, -0.05) is 13.8 Å². The average molecular weight is 407 g/mol. The van der Waals surface area contributed by atoms with Gasteiger partial charge in [-0.3, -0.25) is 10.1 Å². The van der Waals surface area contributed by atoms with E-state index in [2.05, 4.69) is 10.6 Å². The predicted molar refractivity (Wildman–Crippen MR) is 104 cm³/mol. The number of amides is 2. The van der Waals surface area contributed by atoms with Gasteiger partial charge in [0, 0.05) is 11.8 Å². The number of carbonyl (C=O) groups is 2. The highest BCUT2D eigenvalue weighted by Crippen LogP contribution is 2.42. The summed E-state index contributed by atoms with van der Waals surface area (Å²) in [6.07, 6.45) is 1.02. The van der Waals surface area contributed by atoms with Crippen LogP contribution in [0.5, 0.6) is 11.5 Å². The van der Waals surface area contributed by atoms with Gasteiger partial charge in [-0.25, -0.2) is 9.59 Å². The number of nitrogens with one attached hydrogen (secondary N) is 2. The Labute approximate surface area is 168 Å². The molecule has 1 heterocycles. The topological polar surface area (TPSA) is 129 Å². The molecule has 158 valence electrons. The lowest BCUT2D eigenvalue weighted by molar-refractivity contribution is -0.386. The van der Waals surface area contributed by atoms with E-state index in [-0.39, 0.29) is 36.0 Å². The van der Waals surface area contributed by atoms with Crippen molar-refractivity contribution in [3.8, 4) is 11.5 Å². The molecule has 1 aliphatic heterocycles. The summed E-state index contributed by atoms with van der Waals surface area (Å²) in [5.41, 5.74) is 0.561.